The van der Waals surface area contributed by atoms with Crippen LogP contribution in [0.25, 0.3) is 0 Å². The van der Waals surface area contributed by atoms with Gasteiger partial charge in [0.2, 0.25) is 5.91 Å². The van der Waals surface area contributed by atoms with Crippen LogP contribution in [0.1, 0.15) is 19.3 Å². The molecule has 0 saturated heterocycles. The summed E-state index contributed by atoms with van der Waals surface area (Å²) in [5.74, 6) is -1.91. The van der Waals surface area contributed by atoms with Gasteiger partial charge in [-0.25, -0.2) is 4.79 Å². The molecule has 128 valence electrons. The van der Waals surface area contributed by atoms with Gasteiger partial charge in [0.05, 0.1) is 17.5 Å². The molecule has 0 spiro atoms. The van der Waals surface area contributed by atoms with E-state index in [-0.39, 0.29) is 19.4 Å². The molecule has 1 atom stereocenters. The van der Waals surface area contributed by atoms with Gasteiger partial charge in [-0.15, -0.1) is 0 Å². The minimum absolute atomic E-state index is 0.133. The van der Waals surface area contributed by atoms with E-state index in [0.717, 1.165) is 4.47 Å². The number of carboxylic acids is 1. The summed E-state index contributed by atoms with van der Waals surface area (Å²) in [7, 11) is 0. The third-order valence-corrected chi connectivity index (χ3v) is 3.37. The maximum Gasteiger partial charge on any atom is 0.391 e. The van der Waals surface area contributed by atoms with Crippen molar-refractivity contribution in [3.05, 3.63) is 28.7 Å². The smallest absolute Gasteiger partial charge is 0.391 e. The van der Waals surface area contributed by atoms with Crippen molar-refractivity contribution in [2.45, 2.75) is 31.5 Å². The predicted octanol–water partition coefficient (Wildman–Crippen LogP) is 3.13. The van der Waals surface area contributed by atoms with Crippen molar-refractivity contribution in [1.29, 1.82) is 0 Å². The summed E-state index contributed by atoms with van der Waals surface area (Å²) in [6.07, 6.45) is -6.17. The zero-order chi connectivity index (χ0) is 17.5. The van der Waals surface area contributed by atoms with Crippen LogP contribution < -0.4 is 10.1 Å². The number of carbonyl (C=O) groups is 2. The van der Waals surface area contributed by atoms with E-state index in [0.29, 0.717) is 5.75 Å². The Morgan fingerprint density at radius 1 is 1.30 bits per heavy atom. The van der Waals surface area contributed by atoms with Gasteiger partial charge in [0.1, 0.15) is 11.8 Å². The summed E-state index contributed by atoms with van der Waals surface area (Å²) in [5, 5.41) is 10.6. The summed E-state index contributed by atoms with van der Waals surface area (Å²) >= 11 is 3.28. The van der Waals surface area contributed by atoms with E-state index in [1.54, 1.807) is 24.3 Å². The van der Waals surface area contributed by atoms with Gasteiger partial charge < -0.3 is 15.2 Å². The fraction of sp³-hybridized carbons (Fsp3) is 0.429. The monoisotopic (exact) mass is 397 g/mol. The third-order valence-electron chi connectivity index (χ3n) is 2.71. The number of amides is 1. The lowest BCUT2D eigenvalue weighted by atomic mass is 10.2. The van der Waals surface area contributed by atoms with Crippen LogP contribution in [0.15, 0.2) is 28.7 Å². The van der Waals surface area contributed by atoms with E-state index in [1.165, 1.54) is 0 Å². The topological polar surface area (TPSA) is 75.6 Å². The van der Waals surface area contributed by atoms with Crippen molar-refractivity contribution in [3.8, 4) is 5.75 Å². The Kier molecular flexibility index (Phi) is 7.34. The van der Waals surface area contributed by atoms with Gasteiger partial charge in [-0.2, -0.15) is 13.2 Å². The molecule has 0 saturated carbocycles. The van der Waals surface area contributed by atoms with Crippen molar-refractivity contribution in [3.63, 3.8) is 0 Å². The number of hydrogen-bond donors (Lipinski definition) is 2. The summed E-state index contributed by atoms with van der Waals surface area (Å²) in [4.78, 5) is 22.2. The lowest BCUT2D eigenvalue weighted by Crippen LogP contribution is -2.43. The molecular formula is C14H15BrF3NO4. The third kappa shape index (κ3) is 7.87. The number of halogens is 4. The van der Waals surface area contributed by atoms with Crippen LogP contribution in [0.5, 0.6) is 5.75 Å². The van der Waals surface area contributed by atoms with E-state index in [2.05, 4.69) is 15.9 Å². The molecule has 1 amide bonds. The molecule has 0 bridgehead atoms. The zero-order valence-corrected chi connectivity index (χ0v) is 13.5. The van der Waals surface area contributed by atoms with Crippen LogP contribution in [0.3, 0.4) is 0 Å². The maximum atomic E-state index is 12.2. The van der Waals surface area contributed by atoms with Gasteiger partial charge in [0.15, 0.2) is 0 Å². The predicted molar refractivity (Wildman–Crippen MR) is 79.1 cm³/mol. The second-order valence-electron chi connectivity index (χ2n) is 4.66. The Morgan fingerprint density at radius 3 is 2.52 bits per heavy atom. The largest absolute Gasteiger partial charge is 0.492 e. The minimum Gasteiger partial charge on any atom is -0.492 e. The average Bonchev–Trinajstić information content (AvgIpc) is 2.43. The second kappa shape index (κ2) is 8.76. The number of para-hydroxylation sites is 1. The molecule has 1 aromatic rings. The highest BCUT2D eigenvalue weighted by molar-refractivity contribution is 9.10. The average molecular weight is 398 g/mol. The van der Waals surface area contributed by atoms with Crippen LogP contribution in [-0.4, -0.2) is 35.8 Å². The molecule has 23 heavy (non-hydrogen) atoms. The molecule has 5 nitrogen and oxygen atoms in total. The lowest BCUT2D eigenvalue weighted by Gasteiger charge is -2.16. The van der Waals surface area contributed by atoms with E-state index in [9.17, 15) is 22.8 Å². The quantitative estimate of drug-likeness (QED) is 0.660. The standard InChI is InChI=1S/C14H15BrF3NO4/c15-9-4-1-2-5-11(9)23-7-3-6-12(20)19-10(13(21)22)8-14(16,17)18/h1-2,4-5,10H,3,6-8H2,(H,19,20)(H,21,22). The first-order valence-corrected chi connectivity index (χ1v) is 7.44. The number of alkyl halides is 3. The molecule has 0 aliphatic rings. The van der Waals surface area contributed by atoms with Gasteiger partial charge in [0.25, 0.3) is 0 Å². The van der Waals surface area contributed by atoms with Crippen molar-refractivity contribution in [2.75, 3.05) is 6.61 Å². The summed E-state index contributed by atoms with van der Waals surface area (Å²) in [5.41, 5.74) is 0. The van der Waals surface area contributed by atoms with E-state index >= 15 is 0 Å². The van der Waals surface area contributed by atoms with Gasteiger partial charge in [-0.05, 0) is 34.5 Å². The van der Waals surface area contributed by atoms with Crippen LogP contribution in [0, 0.1) is 0 Å². The molecule has 1 aromatic carbocycles. The van der Waals surface area contributed by atoms with Crippen molar-refractivity contribution >= 4 is 27.8 Å². The molecule has 0 fully saturated rings. The number of hydrogen-bond acceptors (Lipinski definition) is 3. The molecule has 0 aliphatic carbocycles. The summed E-state index contributed by atoms with van der Waals surface area (Å²) in [6, 6.07) is 5.08. The molecule has 0 aliphatic heterocycles. The van der Waals surface area contributed by atoms with Gasteiger partial charge >= 0.3 is 12.1 Å². The zero-order valence-electron chi connectivity index (χ0n) is 11.9. The maximum absolute atomic E-state index is 12.2. The van der Waals surface area contributed by atoms with E-state index in [1.807, 2.05) is 5.32 Å². The highest BCUT2D eigenvalue weighted by Crippen LogP contribution is 2.24. The van der Waals surface area contributed by atoms with Crippen LogP contribution in [-0.2, 0) is 9.59 Å². The van der Waals surface area contributed by atoms with Crippen molar-refractivity contribution in [1.82, 2.24) is 5.32 Å². The number of nitrogens with one attached hydrogen (secondary N) is 1. The molecule has 2 N–H and O–H groups in total. The van der Waals surface area contributed by atoms with Crippen LogP contribution >= 0.6 is 15.9 Å². The number of carboxylic acid groups (broad SMARTS) is 1. The number of benzene rings is 1. The van der Waals surface area contributed by atoms with Crippen LogP contribution in [0.4, 0.5) is 13.2 Å². The second-order valence-corrected chi connectivity index (χ2v) is 5.51. The van der Waals surface area contributed by atoms with Gasteiger partial charge in [0, 0.05) is 6.42 Å². The Hall–Kier alpha value is -1.77. The Bertz CT molecular complexity index is 551. The normalized spacial score (nSPS) is 12.5. The first-order chi connectivity index (χ1) is 10.7. The fourth-order valence-electron chi connectivity index (χ4n) is 1.67. The van der Waals surface area contributed by atoms with Crippen molar-refractivity contribution < 1.29 is 32.6 Å². The van der Waals surface area contributed by atoms with E-state index in [4.69, 9.17) is 9.84 Å². The van der Waals surface area contributed by atoms with Crippen molar-refractivity contribution in [2.24, 2.45) is 0 Å². The number of rotatable bonds is 8. The number of aliphatic carboxylic acids is 1. The minimum atomic E-state index is -4.67. The van der Waals surface area contributed by atoms with E-state index < -0.39 is 30.5 Å². The Morgan fingerprint density at radius 2 is 1.96 bits per heavy atom. The Labute approximate surface area is 138 Å². The summed E-state index contributed by atoms with van der Waals surface area (Å²) < 4.78 is 42.8. The van der Waals surface area contributed by atoms with Crippen LogP contribution in [0.2, 0.25) is 0 Å². The number of ether oxygens (including phenoxy) is 1. The first kappa shape index (κ1) is 19.3. The number of carbonyl (C=O) groups excluding carboxylic acids is 1. The molecule has 1 rings (SSSR count). The molecule has 1 unspecified atom stereocenters. The molecule has 0 aromatic heterocycles. The lowest BCUT2D eigenvalue weighted by molar-refractivity contribution is -0.160. The van der Waals surface area contributed by atoms with Gasteiger partial charge in [-0.1, -0.05) is 12.1 Å². The Balaban J connectivity index is 2.35. The molecular weight excluding hydrogens is 383 g/mol. The first-order valence-electron chi connectivity index (χ1n) is 6.65. The van der Waals surface area contributed by atoms with Gasteiger partial charge in [-0.3, -0.25) is 4.79 Å². The highest BCUT2D eigenvalue weighted by atomic mass is 79.9. The molecule has 0 heterocycles. The summed E-state index contributed by atoms with van der Waals surface area (Å²) in [6.45, 7) is 0.174. The SMILES string of the molecule is O=C(CCCOc1ccccc1Br)NC(CC(F)(F)F)C(=O)O. The highest BCUT2D eigenvalue weighted by Gasteiger charge is 2.36. The molecule has 0 radical (unpaired) electrons. The fourth-order valence-corrected chi connectivity index (χ4v) is 2.07. The molecule has 9 heteroatoms.